The molecule has 0 unspecified atom stereocenters. The Morgan fingerprint density at radius 1 is 0.969 bits per heavy atom. The summed E-state index contributed by atoms with van der Waals surface area (Å²) in [4.78, 5) is 17.1. The summed E-state index contributed by atoms with van der Waals surface area (Å²) in [5.41, 5.74) is 1.81. The first-order valence-corrected chi connectivity index (χ1v) is 11.3. The molecule has 1 N–H and O–H groups in total. The van der Waals surface area contributed by atoms with Crippen LogP contribution in [0.5, 0.6) is 0 Å². The molecule has 4 rings (SSSR count). The number of hydrogen-bond donors (Lipinski definition) is 1. The van der Waals surface area contributed by atoms with E-state index in [1.807, 2.05) is 30.3 Å². The van der Waals surface area contributed by atoms with Gasteiger partial charge in [-0.2, -0.15) is 0 Å². The average molecular weight is 449 g/mol. The zero-order valence-electron chi connectivity index (χ0n) is 17.2. The van der Waals surface area contributed by atoms with E-state index in [0.29, 0.717) is 17.3 Å². The van der Waals surface area contributed by atoms with Crippen molar-refractivity contribution in [3.63, 3.8) is 0 Å². The summed E-state index contributed by atoms with van der Waals surface area (Å²) < 4.78 is 38.5. The van der Waals surface area contributed by atoms with Crippen molar-refractivity contribution in [3.8, 4) is 11.5 Å². The standard InChI is InChI=1S/C24H20N2O5S/c1-17-22(25-23(31-17)18-9-4-2-5-10-18)16-30-24(27)19-11-8-12-20(15-19)26-32(28,29)21-13-6-3-7-14-21/h2-15,26H,16H2,1H3. The largest absolute Gasteiger partial charge is 0.455 e. The maximum atomic E-state index is 12.5. The van der Waals surface area contributed by atoms with Crippen LogP contribution in [0.15, 0.2) is 94.2 Å². The third kappa shape index (κ3) is 4.87. The zero-order valence-corrected chi connectivity index (χ0v) is 18.0. The van der Waals surface area contributed by atoms with E-state index in [1.165, 1.54) is 18.2 Å². The molecule has 1 heterocycles. The zero-order chi connectivity index (χ0) is 22.6. The monoisotopic (exact) mass is 448 g/mol. The number of rotatable bonds is 7. The van der Waals surface area contributed by atoms with E-state index in [2.05, 4.69) is 9.71 Å². The Morgan fingerprint density at radius 3 is 2.38 bits per heavy atom. The molecule has 0 aliphatic carbocycles. The Balaban J connectivity index is 1.44. The molecule has 0 amide bonds. The van der Waals surface area contributed by atoms with Gasteiger partial charge in [-0.15, -0.1) is 0 Å². The van der Waals surface area contributed by atoms with Crippen molar-refractivity contribution in [2.45, 2.75) is 18.4 Å². The van der Waals surface area contributed by atoms with Crippen LogP contribution in [0.2, 0.25) is 0 Å². The van der Waals surface area contributed by atoms with Gasteiger partial charge in [-0.05, 0) is 49.4 Å². The number of benzene rings is 3. The Morgan fingerprint density at radius 2 is 1.66 bits per heavy atom. The van der Waals surface area contributed by atoms with Gasteiger partial charge in [-0.1, -0.05) is 42.5 Å². The van der Waals surface area contributed by atoms with Gasteiger partial charge in [0.25, 0.3) is 10.0 Å². The first-order valence-electron chi connectivity index (χ1n) is 9.79. The summed E-state index contributed by atoms with van der Waals surface area (Å²) in [5.74, 6) is 0.405. The minimum absolute atomic E-state index is 0.0685. The first-order chi connectivity index (χ1) is 15.4. The van der Waals surface area contributed by atoms with Crippen LogP contribution in [0.3, 0.4) is 0 Å². The van der Waals surface area contributed by atoms with Crippen molar-refractivity contribution in [3.05, 3.63) is 102 Å². The highest BCUT2D eigenvalue weighted by atomic mass is 32.2. The predicted molar refractivity (Wildman–Crippen MR) is 119 cm³/mol. The Kier molecular flexibility index (Phi) is 6.04. The number of ether oxygens (including phenoxy) is 1. The van der Waals surface area contributed by atoms with Gasteiger partial charge < -0.3 is 9.15 Å². The number of aryl methyl sites for hydroxylation is 1. The number of sulfonamides is 1. The number of esters is 1. The lowest BCUT2D eigenvalue weighted by Gasteiger charge is -2.09. The quantitative estimate of drug-likeness (QED) is 0.408. The van der Waals surface area contributed by atoms with Crippen LogP contribution in [0, 0.1) is 6.92 Å². The van der Waals surface area contributed by atoms with Gasteiger partial charge in [0.05, 0.1) is 10.5 Å². The predicted octanol–water partition coefficient (Wildman–Crippen LogP) is 4.81. The Bertz CT molecular complexity index is 1330. The normalized spacial score (nSPS) is 11.2. The molecule has 7 nitrogen and oxygen atoms in total. The molecule has 0 aliphatic heterocycles. The summed E-state index contributed by atoms with van der Waals surface area (Å²) >= 11 is 0. The highest BCUT2D eigenvalue weighted by Crippen LogP contribution is 2.22. The SMILES string of the molecule is Cc1oc(-c2ccccc2)nc1COC(=O)c1cccc(NS(=O)(=O)c2ccccc2)c1. The number of carbonyl (C=O) groups excluding carboxylic acids is 1. The Labute approximate surface area is 185 Å². The summed E-state index contributed by atoms with van der Waals surface area (Å²) in [7, 11) is -3.76. The van der Waals surface area contributed by atoms with Crippen molar-refractivity contribution >= 4 is 21.7 Å². The second-order valence-corrected chi connectivity index (χ2v) is 8.65. The van der Waals surface area contributed by atoms with Gasteiger partial charge in [-0.3, -0.25) is 4.72 Å². The second kappa shape index (κ2) is 9.07. The molecule has 0 spiro atoms. The van der Waals surface area contributed by atoms with Crippen LogP contribution >= 0.6 is 0 Å². The number of aromatic nitrogens is 1. The summed E-state index contributed by atoms with van der Waals surface area (Å²) in [6.45, 7) is 1.68. The van der Waals surface area contributed by atoms with Crippen molar-refractivity contribution < 1.29 is 22.4 Å². The fourth-order valence-electron chi connectivity index (χ4n) is 3.01. The summed E-state index contributed by atoms with van der Waals surface area (Å²) in [5, 5.41) is 0. The smallest absolute Gasteiger partial charge is 0.338 e. The minimum atomic E-state index is -3.76. The van der Waals surface area contributed by atoms with Crippen LogP contribution in [-0.2, 0) is 21.4 Å². The van der Waals surface area contributed by atoms with Gasteiger partial charge in [0.1, 0.15) is 18.1 Å². The molecule has 0 bridgehead atoms. The number of nitrogens with one attached hydrogen (secondary N) is 1. The van der Waals surface area contributed by atoms with Crippen LogP contribution in [0.25, 0.3) is 11.5 Å². The van der Waals surface area contributed by atoms with Gasteiger partial charge >= 0.3 is 5.97 Å². The summed E-state index contributed by atoms with van der Waals surface area (Å²) in [6, 6.07) is 23.5. The van der Waals surface area contributed by atoms with E-state index in [0.717, 1.165) is 5.56 Å². The van der Waals surface area contributed by atoms with Crippen LogP contribution in [-0.4, -0.2) is 19.4 Å². The molecule has 32 heavy (non-hydrogen) atoms. The lowest BCUT2D eigenvalue weighted by molar-refractivity contribution is 0.0467. The van der Waals surface area contributed by atoms with Gasteiger partial charge in [-0.25, -0.2) is 18.2 Å². The van der Waals surface area contributed by atoms with Crippen molar-refractivity contribution in [1.29, 1.82) is 0 Å². The van der Waals surface area contributed by atoms with Crippen molar-refractivity contribution in [2.75, 3.05) is 4.72 Å². The topological polar surface area (TPSA) is 98.5 Å². The third-order valence-corrected chi connectivity index (χ3v) is 6.05. The van der Waals surface area contributed by atoms with E-state index >= 15 is 0 Å². The van der Waals surface area contributed by atoms with Gasteiger partial charge in [0.2, 0.25) is 5.89 Å². The van der Waals surface area contributed by atoms with Gasteiger partial charge in [0.15, 0.2) is 0 Å². The van der Waals surface area contributed by atoms with E-state index < -0.39 is 16.0 Å². The highest BCUT2D eigenvalue weighted by Gasteiger charge is 2.17. The highest BCUT2D eigenvalue weighted by molar-refractivity contribution is 7.92. The maximum absolute atomic E-state index is 12.5. The molecular weight excluding hydrogens is 428 g/mol. The molecule has 0 atom stereocenters. The molecule has 0 saturated carbocycles. The summed E-state index contributed by atoms with van der Waals surface area (Å²) in [6.07, 6.45) is 0. The number of oxazole rings is 1. The van der Waals surface area contributed by atoms with E-state index in [-0.39, 0.29) is 22.8 Å². The molecular formula is C24H20N2O5S. The average Bonchev–Trinajstić information content (AvgIpc) is 3.19. The number of anilines is 1. The number of nitrogens with zero attached hydrogens (tertiary/aromatic N) is 1. The lowest BCUT2D eigenvalue weighted by Crippen LogP contribution is -2.13. The number of hydrogen-bond acceptors (Lipinski definition) is 6. The van der Waals surface area contributed by atoms with E-state index in [4.69, 9.17) is 9.15 Å². The molecule has 0 radical (unpaired) electrons. The third-order valence-electron chi connectivity index (χ3n) is 4.66. The fraction of sp³-hybridized carbons (Fsp3) is 0.0833. The maximum Gasteiger partial charge on any atom is 0.338 e. The van der Waals surface area contributed by atoms with Crippen molar-refractivity contribution in [1.82, 2.24) is 4.98 Å². The number of carbonyl (C=O) groups is 1. The van der Waals surface area contributed by atoms with Crippen LogP contribution in [0.1, 0.15) is 21.8 Å². The van der Waals surface area contributed by atoms with E-state index in [1.54, 1.807) is 43.3 Å². The molecule has 3 aromatic carbocycles. The van der Waals surface area contributed by atoms with E-state index in [9.17, 15) is 13.2 Å². The first kappa shape index (κ1) is 21.3. The molecule has 0 saturated heterocycles. The Hall–Kier alpha value is -3.91. The molecule has 4 aromatic rings. The molecule has 0 aliphatic rings. The van der Waals surface area contributed by atoms with Crippen molar-refractivity contribution in [2.24, 2.45) is 0 Å². The molecule has 162 valence electrons. The minimum Gasteiger partial charge on any atom is -0.455 e. The molecule has 1 aromatic heterocycles. The molecule has 8 heteroatoms. The van der Waals surface area contributed by atoms with Gasteiger partial charge in [0, 0.05) is 11.3 Å². The second-order valence-electron chi connectivity index (χ2n) is 6.96. The van der Waals surface area contributed by atoms with Crippen LogP contribution < -0.4 is 4.72 Å². The lowest BCUT2D eigenvalue weighted by atomic mass is 10.2. The van der Waals surface area contributed by atoms with Crippen LogP contribution in [0.4, 0.5) is 5.69 Å². The molecule has 0 fully saturated rings. The fourth-order valence-corrected chi connectivity index (χ4v) is 4.08.